The zero-order valence-electron chi connectivity index (χ0n) is 9.28. The lowest BCUT2D eigenvalue weighted by Crippen LogP contribution is -2.11. The normalized spacial score (nSPS) is 24.7. The van der Waals surface area contributed by atoms with Gasteiger partial charge in [0.2, 0.25) is 0 Å². The molecule has 0 aliphatic heterocycles. The summed E-state index contributed by atoms with van der Waals surface area (Å²) in [6.07, 6.45) is 0. The maximum atomic E-state index is 13.3. The third-order valence-corrected chi connectivity index (χ3v) is 4.17. The maximum Gasteiger partial charge on any atom is 0.341 e. The van der Waals surface area contributed by atoms with E-state index >= 15 is 0 Å². The van der Waals surface area contributed by atoms with Gasteiger partial charge in [-0.25, -0.2) is 9.18 Å². The summed E-state index contributed by atoms with van der Waals surface area (Å²) < 4.78 is 17.2. The molecular weight excluding hydrogens is 282 g/mol. The van der Waals surface area contributed by atoms with Crippen LogP contribution in [0.25, 0.3) is 0 Å². The molecule has 0 bridgehead atoms. The first-order chi connectivity index (χ1) is 8.48. The first-order valence-electron chi connectivity index (χ1n) is 5.38. The van der Waals surface area contributed by atoms with Crippen LogP contribution >= 0.6 is 23.2 Å². The predicted octanol–water partition coefficient (Wildman–Crippen LogP) is 2.39. The summed E-state index contributed by atoms with van der Waals surface area (Å²) in [6.45, 7) is -0.208. The van der Waals surface area contributed by atoms with Gasteiger partial charge in [0.15, 0.2) is 0 Å². The van der Waals surface area contributed by atoms with Crippen LogP contribution in [0.15, 0.2) is 24.3 Å². The van der Waals surface area contributed by atoms with E-state index < -0.39 is 16.1 Å². The fourth-order valence-electron chi connectivity index (χ4n) is 1.81. The molecule has 1 fully saturated rings. The monoisotopic (exact) mass is 292 g/mol. The van der Waals surface area contributed by atoms with Crippen LogP contribution < -0.4 is 0 Å². The van der Waals surface area contributed by atoms with Gasteiger partial charge >= 0.3 is 5.97 Å². The van der Waals surface area contributed by atoms with Crippen molar-refractivity contribution in [3.63, 3.8) is 0 Å². The van der Waals surface area contributed by atoms with Gasteiger partial charge in [-0.3, -0.25) is 0 Å². The van der Waals surface area contributed by atoms with E-state index in [1.807, 2.05) is 0 Å². The summed E-state index contributed by atoms with van der Waals surface area (Å²) >= 11 is 11.7. The summed E-state index contributed by atoms with van der Waals surface area (Å²) in [5, 5.41) is 8.97. The van der Waals surface area contributed by atoms with E-state index in [9.17, 15) is 9.18 Å². The topological polar surface area (TPSA) is 46.5 Å². The minimum absolute atomic E-state index is 0.0363. The van der Waals surface area contributed by atoms with Crippen molar-refractivity contribution in [2.45, 2.75) is 4.33 Å². The highest BCUT2D eigenvalue weighted by Gasteiger charge is 2.63. The number of carbonyl (C=O) groups is 1. The van der Waals surface area contributed by atoms with Crippen LogP contribution in [0, 0.1) is 17.7 Å². The molecule has 1 aromatic carbocycles. The maximum absolute atomic E-state index is 13.3. The Bertz CT molecular complexity index is 464. The molecule has 98 valence electrons. The zero-order chi connectivity index (χ0) is 13.3. The first-order valence-corrected chi connectivity index (χ1v) is 6.14. The number of alkyl halides is 2. The van der Waals surface area contributed by atoms with Gasteiger partial charge in [-0.2, -0.15) is 0 Å². The summed E-state index contributed by atoms with van der Waals surface area (Å²) in [4.78, 5) is 11.6. The molecule has 0 radical (unpaired) electrons. The minimum Gasteiger partial charge on any atom is -0.462 e. The standard InChI is InChI=1S/C12H11Cl2FO3/c13-12(14)8(5-16)9(12)6-18-11(17)7-3-1-2-4-10(7)15/h1-4,8-9,16H,5-6H2/t8-,9+/m0/s1. The Hall–Kier alpha value is -0.840. The Morgan fingerprint density at radius 1 is 1.39 bits per heavy atom. The Morgan fingerprint density at radius 2 is 2.06 bits per heavy atom. The van der Waals surface area contributed by atoms with Crippen LogP contribution in [-0.4, -0.2) is 28.6 Å². The Kier molecular flexibility index (Phi) is 3.80. The third-order valence-electron chi connectivity index (χ3n) is 3.05. The molecule has 0 heterocycles. The number of aliphatic hydroxyl groups is 1. The number of benzene rings is 1. The van der Waals surface area contributed by atoms with Gasteiger partial charge in [0, 0.05) is 18.4 Å². The van der Waals surface area contributed by atoms with Crippen LogP contribution in [0.5, 0.6) is 0 Å². The number of esters is 1. The molecule has 1 saturated carbocycles. The molecule has 1 aromatic rings. The molecule has 1 aliphatic carbocycles. The van der Waals surface area contributed by atoms with Gasteiger partial charge in [-0.1, -0.05) is 12.1 Å². The molecule has 2 atom stereocenters. The fraction of sp³-hybridized carbons (Fsp3) is 0.417. The molecule has 3 nitrogen and oxygen atoms in total. The van der Waals surface area contributed by atoms with Crippen LogP contribution in [0.3, 0.4) is 0 Å². The van der Waals surface area contributed by atoms with E-state index in [4.69, 9.17) is 33.0 Å². The second kappa shape index (κ2) is 5.03. The number of rotatable bonds is 4. The molecular formula is C12H11Cl2FO3. The van der Waals surface area contributed by atoms with Crippen molar-refractivity contribution in [3.05, 3.63) is 35.6 Å². The average molecular weight is 293 g/mol. The predicted molar refractivity (Wildman–Crippen MR) is 65.2 cm³/mol. The Labute approximate surface area is 113 Å². The van der Waals surface area contributed by atoms with Crippen LogP contribution in [0.4, 0.5) is 4.39 Å². The van der Waals surface area contributed by atoms with Crippen LogP contribution in [0.2, 0.25) is 0 Å². The highest BCUT2D eigenvalue weighted by Crippen LogP contribution is 2.58. The van der Waals surface area contributed by atoms with Gasteiger partial charge in [0.05, 0.1) is 12.2 Å². The van der Waals surface area contributed by atoms with Crippen LogP contribution in [0.1, 0.15) is 10.4 Å². The summed E-state index contributed by atoms with van der Waals surface area (Å²) in [6, 6.07) is 5.54. The lowest BCUT2D eigenvalue weighted by Gasteiger charge is -2.05. The largest absolute Gasteiger partial charge is 0.462 e. The summed E-state index contributed by atoms with van der Waals surface area (Å²) in [5.41, 5.74) is -0.131. The average Bonchev–Trinajstić information content (AvgIpc) is 2.87. The highest BCUT2D eigenvalue weighted by atomic mass is 35.5. The number of ether oxygens (including phenoxy) is 1. The van der Waals surface area contributed by atoms with Crippen molar-refractivity contribution in [3.8, 4) is 0 Å². The second-order valence-corrected chi connectivity index (χ2v) is 5.59. The lowest BCUT2D eigenvalue weighted by atomic mass is 10.2. The molecule has 0 unspecified atom stereocenters. The number of carbonyl (C=O) groups excluding carboxylic acids is 1. The van der Waals surface area contributed by atoms with Gasteiger partial charge in [0.25, 0.3) is 0 Å². The minimum atomic E-state index is -1.07. The highest BCUT2D eigenvalue weighted by molar-refractivity contribution is 6.51. The molecule has 0 saturated heterocycles. The van der Waals surface area contributed by atoms with Crippen molar-refractivity contribution in [1.82, 2.24) is 0 Å². The van der Waals surface area contributed by atoms with Gasteiger partial charge in [0.1, 0.15) is 10.2 Å². The summed E-state index contributed by atoms with van der Waals surface area (Å²) in [5.74, 6) is -2.03. The summed E-state index contributed by atoms with van der Waals surface area (Å²) in [7, 11) is 0. The smallest absolute Gasteiger partial charge is 0.341 e. The number of hydrogen-bond donors (Lipinski definition) is 1. The molecule has 0 spiro atoms. The molecule has 2 rings (SSSR count). The van der Waals surface area contributed by atoms with E-state index in [1.165, 1.54) is 18.2 Å². The molecule has 18 heavy (non-hydrogen) atoms. The van der Waals surface area contributed by atoms with Crippen molar-refractivity contribution in [2.75, 3.05) is 13.2 Å². The first kappa shape index (κ1) is 13.6. The number of aliphatic hydroxyl groups excluding tert-OH is 1. The van der Waals surface area contributed by atoms with E-state index in [2.05, 4.69) is 0 Å². The van der Waals surface area contributed by atoms with Gasteiger partial charge in [-0.15, -0.1) is 23.2 Å². The van der Waals surface area contributed by atoms with E-state index in [1.54, 1.807) is 6.07 Å². The van der Waals surface area contributed by atoms with Gasteiger partial charge in [-0.05, 0) is 12.1 Å². The third kappa shape index (κ3) is 2.46. The van der Waals surface area contributed by atoms with E-state index in [-0.39, 0.29) is 30.6 Å². The number of hydrogen-bond acceptors (Lipinski definition) is 3. The quantitative estimate of drug-likeness (QED) is 0.685. The van der Waals surface area contributed by atoms with Crippen molar-refractivity contribution >= 4 is 29.2 Å². The van der Waals surface area contributed by atoms with E-state index in [0.29, 0.717) is 0 Å². The van der Waals surface area contributed by atoms with Crippen LogP contribution in [-0.2, 0) is 4.74 Å². The molecule has 0 amide bonds. The molecule has 1 N–H and O–H groups in total. The Balaban J connectivity index is 1.93. The fourth-order valence-corrected chi connectivity index (χ4v) is 2.55. The van der Waals surface area contributed by atoms with Gasteiger partial charge < -0.3 is 9.84 Å². The van der Waals surface area contributed by atoms with E-state index in [0.717, 1.165) is 0 Å². The lowest BCUT2D eigenvalue weighted by molar-refractivity contribution is 0.0469. The van der Waals surface area contributed by atoms with Crippen molar-refractivity contribution in [2.24, 2.45) is 11.8 Å². The van der Waals surface area contributed by atoms with Crippen molar-refractivity contribution in [1.29, 1.82) is 0 Å². The molecule has 0 aromatic heterocycles. The molecule has 6 heteroatoms. The second-order valence-electron chi connectivity index (χ2n) is 4.15. The molecule has 1 aliphatic rings. The van der Waals surface area contributed by atoms with Crippen molar-refractivity contribution < 1.29 is 19.0 Å². The zero-order valence-corrected chi connectivity index (χ0v) is 10.8. The number of halogens is 3. The Morgan fingerprint density at radius 3 is 2.61 bits per heavy atom. The SMILES string of the molecule is O=C(OC[C@@H]1[C@H](CO)C1(Cl)Cl)c1ccccc1F.